The summed E-state index contributed by atoms with van der Waals surface area (Å²) >= 11 is 0. The number of aromatic nitrogens is 4. The van der Waals surface area contributed by atoms with Crippen LogP contribution in [0.1, 0.15) is 81.7 Å². The van der Waals surface area contributed by atoms with Crippen LogP contribution in [-0.4, -0.2) is 19.1 Å². The molecule has 4 aromatic heterocycles. The fourth-order valence-corrected chi connectivity index (χ4v) is 10.8. The minimum atomic E-state index is -1.61. The van der Waals surface area contributed by atoms with E-state index in [9.17, 15) is 2.74 Å². The second-order valence-corrected chi connectivity index (χ2v) is 22.5. The van der Waals surface area contributed by atoms with Crippen LogP contribution in [-0.2, 0) is 23.9 Å². The van der Waals surface area contributed by atoms with E-state index < -0.39 is 11.8 Å². The third-order valence-electron chi connectivity index (χ3n) is 14.2. The summed E-state index contributed by atoms with van der Waals surface area (Å²) in [5.74, 6) is 3.00. The van der Waals surface area contributed by atoms with Crippen LogP contribution in [0.3, 0.4) is 0 Å². The molecule has 0 spiro atoms. The summed E-state index contributed by atoms with van der Waals surface area (Å²) < 4.78 is 30.7. The maximum atomic E-state index is 9.58. The highest BCUT2D eigenvalue weighted by Crippen LogP contribution is 2.45. The zero-order valence-corrected chi connectivity index (χ0v) is 42.7. The quantitative estimate of drug-likeness (QED) is 0.167. The molecule has 12 rings (SSSR count). The molecule has 1 aliphatic heterocycles. The molecule has 6 nitrogen and oxygen atoms in total. The Morgan fingerprint density at radius 3 is 1.76 bits per heavy atom. The molecule has 0 fully saturated rings. The number of pyridine rings is 2. The van der Waals surface area contributed by atoms with Crippen LogP contribution in [0.5, 0.6) is 11.5 Å². The minimum Gasteiger partial charge on any atom is -0.457 e. The summed E-state index contributed by atoms with van der Waals surface area (Å²) in [5.41, 5.74) is 9.32. The number of ether oxygens (including phenoxy) is 1. The van der Waals surface area contributed by atoms with E-state index in [-0.39, 0.29) is 10.8 Å². The largest absolute Gasteiger partial charge is 0.457 e. The van der Waals surface area contributed by atoms with Crippen LogP contribution in [0.25, 0.3) is 82.1 Å². The minimum absolute atomic E-state index is 0.0394. The van der Waals surface area contributed by atoms with Crippen molar-refractivity contribution in [1.82, 2.24) is 19.1 Å². The monoisotopic (exact) mass is 942 g/mol. The normalized spacial score (nSPS) is 13.7. The number of hydrogen-bond acceptors (Lipinski definition) is 4. The molecule has 0 bridgehead atoms. The fraction of sp³-hybridized carbons (Fsp3) is 0.212. The fourth-order valence-electron chi connectivity index (χ4n) is 10.8. The average molecular weight is 942 g/mol. The smallest absolute Gasteiger partial charge is 0.138 e. The van der Waals surface area contributed by atoms with E-state index in [4.69, 9.17) is 14.7 Å². The van der Waals surface area contributed by atoms with Gasteiger partial charge in [0.1, 0.15) is 29.8 Å². The molecule has 72 heavy (non-hydrogen) atoms. The van der Waals surface area contributed by atoms with Gasteiger partial charge in [-0.1, -0.05) is 178 Å². The standard InChI is InChI=1S/C66H61N5O/c1-64(2,3)40-42-34-43(36-45(35-42)66(7,8)9)48-23-16-24-55-51-20-12-10-18-49(51)50-19-11-13-21-52(50)56-25-17-27-58-63(56)70(62(48)55)41-69(58)60-39-47(31-33-67-60)72-46-28-29-54-53-22-14-15-26-57(53)71(59(54)38-46)61-37-44(30-32-68-61)65(4,5)6/h10-39H,40-41H2,1-9H3/i40D2. The van der Waals surface area contributed by atoms with Crippen molar-refractivity contribution in [2.75, 3.05) is 4.90 Å². The Kier molecular flexibility index (Phi) is 10.0. The molecule has 0 saturated heterocycles. The van der Waals surface area contributed by atoms with Gasteiger partial charge in [0.05, 0.1) is 27.8 Å². The first kappa shape index (κ1) is 42.9. The van der Waals surface area contributed by atoms with Gasteiger partial charge in [0, 0.05) is 54.4 Å². The van der Waals surface area contributed by atoms with Crippen LogP contribution < -0.4 is 9.64 Å². The van der Waals surface area contributed by atoms with Crippen molar-refractivity contribution in [3.8, 4) is 28.4 Å². The van der Waals surface area contributed by atoms with Gasteiger partial charge in [-0.3, -0.25) is 4.57 Å². The first-order chi connectivity index (χ1) is 35.3. The maximum Gasteiger partial charge on any atom is 0.138 e. The lowest BCUT2D eigenvalue weighted by Crippen LogP contribution is -2.16. The van der Waals surface area contributed by atoms with Crippen molar-refractivity contribution >= 4 is 76.7 Å². The number of para-hydroxylation sites is 3. The van der Waals surface area contributed by atoms with E-state index in [0.29, 0.717) is 23.7 Å². The Morgan fingerprint density at radius 1 is 0.486 bits per heavy atom. The van der Waals surface area contributed by atoms with E-state index in [2.05, 4.69) is 213 Å². The molecule has 7 aromatic carbocycles. The van der Waals surface area contributed by atoms with Gasteiger partial charge in [-0.25, -0.2) is 9.97 Å². The third-order valence-corrected chi connectivity index (χ3v) is 14.2. The third kappa shape index (κ3) is 7.90. The van der Waals surface area contributed by atoms with E-state index in [1.807, 2.05) is 45.3 Å². The molecule has 0 N–H and O–H groups in total. The number of rotatable bonds is 6. The van der Waals surface area contributed by atoms with Crippen molar-refractivity contribution < 1.29 is 7.48 Å². The lowest BCUT2D eigenvalue weighted by atomic mass is 9.81. The summed E-state index contributed by atoms with van der Waals surface area (Å²) in [4.78, 5) is 12.3. The van der Waals surface area contributed by atoms with Gasteiger partial charge in [0.15, 0.2) is 0 Å². The molecule has 356 valence electrons. The highest BCUT2D eigenvalue weighted by Gasteiger charge is 2.28. The molecule has 0 saturated carbocycles. The van der Waals surface area contributed by atoms with E-state index in [0.717, 1.165) is 99.2 Å². The molecule has 5 heterocycles. The molecular weight excluding hydrogens is 879 g/mol. The van der Waals surface area contributed by atoms with Gasteiger partial charge >= 0.3 is 0 Å². The molecular formula is C66H61N5O. The second kappa shape index (κ2) is 16.8. The molecule has 0 radical (unpaired) electrons. The van der Waals surface area contributed by atoms with Gasteiger partial charge in [-0.15, -0.1) is 0 Å². The maximum absolute atomic E-state index is 9.58. The van der Waals surface area contributed by atoms with Crippen molar-refractivity contribution in [2.45, 2.75) is 86.2 Å². The van der Waals surface area contributed by atoms with E-state index in [1.165, 1.54) is 5.56 Å². The van der Waals surface area contributed by atoms with Crippen LogP contribution >= 0.6 is 0 Å². The SMILES string of the molecule is [2H]C([2H])(c1cc(-c2cccc3c4ccccc4c4ccccc4c4cccc5c4n(c23)CN5c2cc(Oc3ccc4c5ccccc5n(-c5cc(C(C)(C)C)ccn5)c4c3)ccn2)cc(C(C)(C)C)c1)C(C)(C)C. The van der Waals surface area contributed by atoms with Crippen LogP contribution in [0.2, 0.25) is 0 Å². The summed E-state index contributed by atoms with van der Waals surface area (Å²) in [5, 5.41) is 9.08. The lowest BCUT2D eigenvalue weighted by molar-refractivity contribution is 0.411. The van der Waals surface area contributed by atoms with Gasteiger partial charge in [0.25, 0.3) is 0 Å². The Hall–Kier alpha value is -7.96. The first-order valence-corrected chi connectivity index (χ1v) is 25.2. The predicted octanol–water partition coefficient (Wildman–Crippen LogP) is 17.9. The highest BCUT2D eigenvalue weighted by molar-refractivity contribution is 6.22. The highest BCUT2D eigenvalue weighted by atomic mass is 16.5. The van der Waals surface area contributed by atoms with Gasteiger partial charge in [-0.2, -0.15) is 0 Å². The Labute approximate surface area is 425 Å². The molecule has 11 aromatic rings. The number of nitrogens with zero attached hydrogens (tertiary/aromatic N) is 5. The second-order valence-electron chi connectivity index (χ2n) is 22.5. The van der Waals surface area contributed by atoms with Crippen molar-refractivity contribution in [3.05, 3.63) is 199 Å². The molecule has 1 aliphatic rings. The number of benzene rings is 7. The Bertz CT molecular complexity index is 4140. The predicted molar refractivity (Wildman–Crippen MR) is 303 cm³/mol. The van der Waals surface area contributed by atoms with Crippen molar-refractivity contribution in [3.63, 3.8) is 0 Å². The van der Waals surface area contributed by atoms with E-state index in [1.54, 1.807) is 0 Å². The Balaban J connectivity index is 1.06. The van der Waals surface area contributed by atoms with Gasteiger partial charge in [0.2, 0.25) is 0 Å². The number of hydrogen-bond donors (Lipinski definition) is 0. The van der Waals surface area contributed by atoms with Crippen molar-refractivity contribution in [2.24, 2.45) is 5.41 Å². The van der Waals surface area contributed by atoms with Crippen LogP contribution in [0, 0.1) is 5.41 Å². The summed E-state index contributed by atoms with van der Waals surface area (Å²) in [6, 6.07) is 60.3. The zero-order chi connectivity index (χ0) is 51.5. The number of anilines is 2. The summed E-state index contributed by atoms with van der Waals surface area (Å²) in [6.45, 7) is 19.8. The molecule has 0 atom stereocenters. The summed E-state index contributed by atoms with van der Waals surface area (Å²) in [7, 11) is 0. The molecule has 6 heteroatoms. The molecule has 0 amide bonds. The molecule has 0 aliphatic carbocycles. The van der Waals surface area contributed by atoms with Crippen molar-refractivity contribution in [1.29, 1.82) is 0 Å². The Morgan fingerprint density at radius 2 is 1.07 bits per heavy atom. The van der Waals surface area contributed by atoms with Crippen LogP contribution in [0.15, 0.2) is 182 Å². The zero-order valence-electron chi connectivity index (χ0n) is 44.7. The molecule has 0 unspecified atom stereocenters. The van der Waals surface area contributed by atoms with Gasteiger partial charge in [-0.05, 0) is 109 Å². The first-order valence-electron chi connectivity index (χ1n) is 26.2. The lowest BCUT2D eigenvalue weighted by Gasteiger charge is -2.25. The summed E-state index contributed by atoms with van der Waals surface area (Å²) in [6.07, 6.45) is 2.14. The van der Waals surface area contributed by atoms with E-state index >= 15 is 0 Å². The average Bonchev–Trinajstić information content (AvgIpc) is 3.94. The number of fused-ring (bicyclic) bond motifs is 10. The van der Waals surface area contributed by atoms with Crippen LogP contribution in [0.4, 0.5) is 11.5 Å². The van der Waals surface area contributed by atoms with Gasteiger partial charge < -0.3 is 14.2 Å². The topological polar surface area (TPSA) is 48.1 Å².